The summed E-state index contributed by atoms with van der Waals surface area (Å²) in [6, 6.07) is 1.79. The zero-order valence-electron chi connectivity index (χ0n) is 11.6. The van der Waals surface area contributed by atoms with Crippen molar-refractivity contribution >= 4 is 5.82 Å². The van der Waals surface area contributed by atoms with Crippen molar-refractivity contribution in [3.05, 3.63) is 17.6 Å². The van der Waals surface area contributed by atoms with Crippen molar-refractivity contribution in [2.75, 3.05) is 18.5 Å². The van der Waals surface area contributed by atoms with Crippen LogP contribution in [0.3, 0.4) is 0 Å². The largest absolute Gasteiger partial charge is 0.389 e. The molecule has 0 bridgehead atoms. The Bertz CT molecular complexity index is 389. The molecule has 6 heteroatoms. The molecule has 0 fully saturated rings. The molecule has 4 N–H and O–H groups in total. The number of hydrogen-bond acceptors (Lipinski definition) is 6. The number of hydrogen-bond donors (Lipinski definition) is 3. The smallest absolute Gasteiger partial charge is 0.145 e. The van der Waals surface area contributed by atoms with E-state index < -0.39 is 5.60 Å². The van der Waals surface area contributed by atoms with Gasteiger partial charge in [-0.25, -0.2) is 15.8 Å². The van der Waals surface area contributed by atoms with Crippen molar-refractivity contribution < 1.29 is 5.11 Å². The highest BCUT2D eigenvalue weighted by Gasteiger charge is 2.18. The van der Waals surface area contributed by atoms with E-state index in [0.717, 1.165) is 12.2 Å². The fourth-order valence-corrected chi connectivity index (χ4v) is 1.80. The Morgan fingerprint density at radius 1 is 1.44 bits per heavy atom. The Labute approximate surface area is 108 Å². The predicted octanol–water partition coefficient (Wildman–Crippen LogP) is 0.663. The number of nitrogens with zero attached hydrogens (tertiary/aromatic N) is 3. The molecule has 0 aromatic carbocycles. The van der Waals surface area contributed by atoms with E-state index in [1.165, 1.54) is 0 Å². The van der Waals surface area contributed by atoms with Gasteiger partial charge in [0, 0.05) is 18.3 Å². The summed E-state index contributed by atoms with van der Waals surface area (Å²) in [5.74, 6) is 6.67. The van der Waals surface area contributed by atoms with Crippen molar-refractivity contribution in [3.63, 3.8) is 0 Å². The van der Waals surface area contributed by atoms with E-state index in [4.69, 9.17) is 5.84 Å². The van der Waals surface area contributed by atoms with E-state index in [0.29, 0.717) is 24.7 Å². The zero-order valence-corrected chi connectivity index (χ0v) is 11.6. The van der Waals surface area contributed by atoms with Crippen LogP contribution in [-0.4, -0.2) is 38.7 Å². The maximum atomic E-state index is 9.84. The lowest BCUT2D eigenvalue weighted by Gasteiger charge is -2.27. The summed E-state index contributed by atoms with van der Waals surface area (Å²) in [6.07, 6.45) is 0. The third kappa shape index (κ3) is 4.95. The molecule has 0 atom stereocenters. The molecule has 1 aromatic rings. The van der Waals surface area contributed by atoms with E-state index in [-0.39, 0.29) is 0 Å². The van der Waals surface area contributed by atoms with Crippen LogP contribution in [-0.2, 0) is 6.54 Å². The molecule has 18 heavy (non-hydrogen) atoms. The number of nitrogens with one attached hydrogen (secondary N) is 1. The first kappa shape index (κ1) is 14.8. The fraction of sp³-hybridized carbons (Fsp3) is 0.667. The fourth-order valence-electron chi connectivity index (χ4n) is 1.80. The highest BCUT2D eigenvalue weighted by atomic mass is 16.3. The van der Waals surface area contributed by atoms with E-state index in [1.54, 1.807) is 19.9 Å². The van der Waals surface area contributed by atoms with Gasteiger partial charge in [0.1, 0.15) is 11.6 Å². The lowest BCUT2D eigenvalue weighted by atomic mass is 10.1. The van der Waals surface area contributed by atoms with Gasteiger partial charge in [0.05, 0.1) is 12.1 Å². The number of aliphatic hydroxyl groups is 1. The van der Waals surface area contributed by atoms with Gasteiger partial charge < -0.3 is 10.5 Å². The average Bonchev–Trinajstić information content (AvgIpc) is 2.25. The van der Waals surface area contributed by atoms with Crippen LogP contribution in [0.4, 0.5) is 5.82 Å². The Balaban J connectivity index is 2.78. The monoisotopic (exact) mass is 253 g/mol. The summed E-state index contributed by atoms with van der Waals surface area (Å²) in [5, 5.41) is 9.84. The number of nitrogen functional groups attached to an aromatic ring is 1. The van der Waals surface area contributed by atoms with Gasteiger partial charge in [-0.2, -0.15) is 0 Å². The van der Waals surface area contributed by atoms with Crippen LogP contribution < -0.4 is 11.3 Å². The molecule has 1 rings (SSSR count). The molecule has 6 nitrogen and oxygen atoms in total. The Morgan fingerprint density at radius 3 is 2.61 bits per heavy atom. The van der Waals surface area contributed by atoms with Crippen LogP contribution in [0.15, 0.2) is 6.07 Å². The maximum absolute atomic E-state index is 9.84. The third-order valence-corrected chi connectivity index (χ3v) is 2.47. The van der Waals surface area contributed by atoms with Gasteiger partial charge in [-0.05, 0) is 27.3 Å². The highest BCUT2D eigenvalue weighted by Crippen LogP contribution is 2.10. The minimum absolute atomic E-state index is 0.576. The summed E-state index contributed by atoms with van der Waals surface area (Å²) < 4.78 is 0. The maximum Gasteiger partial charge on any atom is 0.145 e. The van der Waals surface area contributed by atoms with Gasteiger partial charge in [-0.3, -0.25) is 4.90 Å². The number of aryl methyl sites for hydroxylation is 1. The van der Waals surface area contributed by atoms with Crippen molar-refractivity contribution in [2.45, 2.75) is 39.8 Å². The molecule has 0 saturated heterocycles. The van der Waals surface area contributed by atoms with E-state index in [9.17, 15) is 5.11 Å². The molecule has 0 aliphatic heterocycles. The van der Waals surface area contributed by atoms with Crippen LogP contribution in [0.25, 0.3) is 0 Å². The summed E-state index contributed by atoms with van der Waals surface area (Å²) in [7, 11) is 0. The van der Waals surface area contributed by atoms with Gasteiger partial charge in [0.15, 0.2) is 0 Å². The van der Waals surface area contributed by atoms with Gasteiger partial charge in [-0.15, -0.1) is 0 Å². The van der Waals surface area contributed by atoms with E-state index >= 15 is 0 Å². The highest BCUT2D eigenvalue weighted by molar-refractivity contribution is 5.33. The third-order valence-electron chi connectivity index (χ3n) is 2.47. The van der Waals surface area contributed by atoms with Crippen LogP contribution in [0.5, 0.6) is 0 Å². The van der Waals surface area contributed by atoms with Crippen molar-refractivity contribution in [1.29, 1.82) is 0 Å². The number of nitrogens with two attached hydrogens (primary N) is 1. The quantitative estimate of drug-likeness (QED) is 0.510. The second-order valence-electron chi connectivity index (χ2n) is 5.07. The van der Waals surface area contributed by atoms with Crippen LogP contribution >= 0.6 is 0 Å². The molecule has 0 saturated carbocycles. The number of hydrazine groups is 1. The first-order valence-corrected chi connectivity index (χ1v) is 6.10. The Morgan fingerprint density at radius 2 is 2.11 bits per heavy atom. The molecular weight excluding hydrogens is 230 g/mol. The van der Waals surface area contributed by atoms with Crippen molar-refractivity contribution in [1.82, 2.24) is 14.9 Å². The summed E-state index contributed by atoms with van der Waals surface area (Å²) in [4.78, 5) is 10.8. The number of anilines is 1. The molecule has 0 spiro atoms. The lowest BCUT2D eigenvalue weighted by molar-refractivity contribution is 0.0346. The van der Waals surface area contributed by atoms with Gasteiger partial charge in [-0.1, -0.05) is 6.92 Å². The Kier molecular flexibility index (Phi) is 5.01. The van der Waals surface area contributed by atoms with Crippen molar-refractivity contribution in [2.24, 2.45) is 5.84 Å². The number of aromatic nitrogens is 2. The molecule has 0 unspecified atom stereocenters. The standard InChI is InChI=1S/C12H23N5O/c1-5-17(8-12(3,4)18)7-11-14-9(2)6-10(15-11)16-13/h6,18H,5,7-8,13H2,1-4H3,(H,14,15,16). The van der Waals surface area contributed by atoms with E-state index in [2.05, 4.69) is 20.3 Å². The van der Waals surface area contributed by atoms with Crippen LogP contribution in [0.2, 0.25) is 0 Å². The SMILES string of the molecule is CCN(Cc1nc(C)cc(NN)n1)CC(C)(C)O. The molecule has 0 aliphatic rings. The molecule has 0 radical (unpaired) electrons. The number of likely N-dealkylation sites (N-methyl/N-ethyl adjacent to an activating group) is 1. The average molecular weight is 253 g/mol. The Hall–Kier alpha value is -1.24. The van der Waals surface area contributed by atoms with Crippen LogP contribution in [0, 0.1) is 6.92 Å². The molecule has 1 heterocycles. The van der Waals surface area contributed by atoms with Crippen LogP contribution in [0.1, 0.15) is 32.3 Å². The minimum atomic E-state index is -0.727. The second-order valence-corrected chi connectivity index (χ2v) is 5.07. The summed E-state index contributed by atoms with van der Waals surface area (Å²) >= 11 is 0. The minimum Gasteiger partial charge on any atom is -0.389 e. The molecule has 0 aliphatic carbocycles. The summed E-state index contributed by atoms with van der Waals surface area (Å²) in [5.41, 5.74) is 2.67. The van der Waals surface area contributed by atoms with Gasteiger partial charge >= 0.3 is 0 Å². The van der Waals surface area contributed by atoms with E-state index in [1.807, 2.05) is 13.8 Å². The molecule has 102 valence electrons. The topological polar surface area (TPSA) is 87.3 Å². The number of rotatable bonds is 6. The van der Waals surface area contributed by atoms with Gasteiger partial charge in [0.2, 0.25) is 0 Å². The first-order chi connectivity index (χ1) is 8.34. The predicted molar refractivity (Wildman–Crippen MR) is 71.8 cm³/mol. The normalized spacial score (nSPS) is 11.9. The van der Waals surface area contributed by atoms with Gasteiger partial charge in [0.25, 0.3) is 0 Å². The first-order valence-electron chi connectivity index (χ1n) is 6.10. The molecule has 0 amide bonds. The second kappa shape index (κ2) is 6.08. The molecular formula is C12H23N5O. The molecule has 1 aromatic heterocycles. The lowest BCUT2D eigenvalue weighted by Crippen LogP contribution is -2.38. The zero-order chi connectivity index (χ0) is 13.8. The van der Waals surface area contributed by atoms with Crippen molar-refractivity contribution in [3.8, 4) is 0 Å². The summed E-state index contributed by atoms with van der Waals surface area (Å²) in [6.45, 7) is 9.52.